The molecule has 5 nitrogen and oxygen atoms in total. The number of rotatable bonds is 2. The Labute approximate surface area is 111 Å². The van der Waals surface area contributed by atoms with Crippen molar-refractivity contribution in [2.75, 3.05) is 17.6 Å². The molecule has 2 aliphatic rings. The second-order valence-corrected chi connectivity index (χ2v) is 6.72. The maximum atomic E-state index is 12.1. The van der Waals surface area contributed by atoms with Gasteiger partial charge in [-0.2, -0.15) is 0 Å². The highest BCUT2D eigenvalue weighted by atomic mass is 32.2. The molecule has 2 heterocycles. The first-order chi connectivity index (χ1) is 9.03. The Morgan fingerprint density at radius 3 is 2.95 bits per heavy atom. The average molecular weight is 278 g/mol. The van der Waals surface area contributed by atoms with Crippen molar-refractivity contribution >= 4 is 21.4 Å². The van der Waals surface area contributed by atoms with Crippen LogP contribution in [-0.4, -0.2) is 32.7 Å². The molecule has 2 N–H and O–H groups in total. The molecular weight excluding hydrogens is 264 g/mol. The van der Waals surface area contributed by atoms with Crippen molar-refractivity contribution in [3.8, 4) is 0 Å². The smallest absolute Gasteiger partial charge is 0.251 e. The number of fused-ring (bicyclic) bond motifs is 1. The molecule has 0 saturated carbocycles. The summed E-state index contributed by atoms with van der Waals surface area (Å²) in [4.78, 5) is 12.1. The van der Waals surface area contributed by atoms with Crippen LogP contribution in [0.2, 0.25) is 0 Å². The maximum Gasteiger partial charge on any atom is 0.251 e. The predicted molar refractivity (Wildman–Crippen MR) is 72.8 cm³/mol. The average Bonchev–Trinajstić information content (AvgIpc) is 2.94. The van der Waals surface area contributed by atoms with Crippen LogP contribution in [0.1, 0.15) is 15.9 Å². The molecule has 0 spiro atoms. The second kappa shape index (κ2) is 4.38. The standard InChI is InChI=1S/C13H14N2O3S/c16-13(15-11-4-6-19(17,18)8-11)10-1-2-12-9(7-10)3-5-14-12/h1-2,4,6-7,11,14H,3,5,8H2,(H,15,16). The third-order valence-electron chi connectivity index (χ3n) is 3.32. The normalized spacial score (nSPS) is 22.8. The molecule has 0 fully saturated rings. The molecule has 0 saturated heterocycles. The van der Waals surface area contributed by atoms with Crippen molar-refractivity contribution in [3.05, 3.63) is 40.8 Å². The van der Waals surface area contributed by atoms with Crippen LogP contribution in [0.3, 0.4) is 0 Å². The zero-order valence-electron chi connectivity index (χ0n) is 10.2. The second-order valence-electron chi connectivity index (χ2n) is 4.79. The van der Waals surface area contributed by atoms with Crippen LogP contribution < -0.4 is 10.6 Å². The van der Waals surface area contributed by atoms with Crippen LogP contribution in [0.4, 0.5) is 5.69 Å². The van der Waals surface area contributed by atoms with E-state index in [4.69, 9.17) is 0 Å². The van der Waals surface area contributed by atoms with Crippen molar-refractivity contribution in [1.82, 2.24) is 5.32 Å². The summed E-state index contributed by atoms with van der Waals surface area (Å²) in [6, 6.07) is 5.07. The lowest BCUT2D eigenvalue weighted by atomic mass is 10.1. The molecule has 0 aromatic heterocycles. The first-order valence-corrected chi connectivity index (χ1v) is 7.84. The van der Waals surface area contributed by atoms with Gasteiger partial charge in [0.1, 0.15) is 0 Å². The summed E-state index contributed by atoms with van der Waals surface area (Å²) in [6.07, 6.45) is 2.43. The summed E-state index contributed by atoms with van der Waals surface area (Å²) in [5.41, 5.74) is 2.77. The van der Waals surface area contributed by atoms with Crippen LogP contribution in [0.5, 0.6) is 0 Å². The van der Waals surface area contributed by atoms with E-state index in [-0.39, 0.29) is 11.7 Å². The molecule has 19 heavy (non-hydrogen) atoms. The number of amides is 1. The van der Waals surface area contributed by atoms with Gasteiger partial charge >= 0.3 is 0 Å². The SMILES string of the molecule is O=C(NC1C=CS(=O)(=O)C1)c1ccc2c(c1)CCN2. The molecule has 1 unspecified atom stereocenters. The van der Waals surface area contributed by atoms with Gasteiger partial charge < -0.3 is 10.6 Å². The number of hydrogen-bond acceptors (Lipinski definition) is 4. The van der Waals surface area contributed by atoms with Crippen molar-refractivity contribution < 1.29 is 13.2 Å². The largest absolute Gasteiger partial charge is 0.384 e. The molecule has 100 valence electrons. The van der Waals surface area contributed by atoms with Gasteiger partial charge in [0.15, 0.2) is 9.84 Å². The molecule has 1 atom stereocenters. The summed E-state index contributed by atoms with van der Waals surface area (Å²) < 4.78 is 22.5. The number of nitrogens with one attached hydrogen (secondary N) is 2. The minimum Gasteiger partial charge on any atom is -0.384 e. The van der Waals surface area contributed by atoms with E-state index in [1.807, 2.05) is 12.1 Å². The van der Waals surface area contributed by atoms with Gasteiger partial charge in [0.05, 0.1) is 11.8 Å². The molecule has 1 aromatic carbocycles. The van der Waals surface area contributed by atoms with E-state index in [9.17, 15) is 13.2 Å². The van der Waals surface area contributed by atoms with E-state index in [0.29, 0.717) is 5.56 Å². The van der Waals surface area contributed by atoms with Gasteiger partial charge in [0.2, 0.25) is 0 Å². The minimum atomic E-state index is -3.14. The summed E-state index contributed by atoms with van der Waals surface area (Å²) in [5, 5.41) is 7.10. The number of carbonyl (C=O) groups excluding carboxylic acids is 1. The fourth-order valence-corrected chi connectivity index (χ4v) is 3.60. The molecule has 1 aromatic rings. The zero-order chi connectivity index (χ0) is 13.5. The molecule has 6 heteroatoms. The fraction of sp³-hybridized carbons (Fsp3) is 0.308. The number of sulfone groups is 1. The highest BCUT2D eigenvalue weighted by molar-refractivity contribution is 7.94. The highest BCUT2D eigenvalue weighted by Gasteiger charge is 2.23. The van der Waals surface area contributed by atoms with Gasteiger partial charge in [-0.05, 0) is 36.3 Å². The zero-order valence-corrected chi connectivity index (χ0v) is 11.0. The van der Waals surface area contributed by atoms with Crippen LogP contribution >= 0.6 is 0 Å². The Morgan fingerprint density at radius 2 is 2.21 bits per heavy atom. The van der Waals surface area contributed by atoms with Crippen molar-refractivity contribution in [2.24, 2.45) is 0 Å². The van der Waals surface area contributed by atoms with Crippen LogP contribution in [-0.2, 0) is 16.3 Å². The molecule has 0 bridgehead atoms. The van der Waals surface area contributed by atoms with E-state index >= 15 is 0 Å². The molecule has 2 aliphatic heterocycles. The topological polar surface area (TPSA) is 75.3 Å². The maximum absolute atomic E-state index is 12.1. The Morgan fingerprint density at radius 1 is 1.37 bits per heavy atom. The summed E-state index contributed by atoms with van der Waals surface area (Å²) in [6.45, 7) is 0.893. The Bertz CT molecular complexity index is 664. The van der Waals surface area contributed by atoms with E-state index in [2.05, 4.69) is 10.6 Å². The quantitative estimate of drug-likeness (QED) is 0.835. The summed E-state index contributed by atoms with van der Waals surface area (Å²) in [5.74, 6) is -0.285. The minimum absolute atomic E-state index is 0.0504. The number of anilines is 1. The third-order valence-corrected chi connectivity index (χ3v) is 4.72. The molecule has 3 rings (SSSR count). The van der Waals surface area contributed by atoms with Gasteiger partial charge in [0.25, 0.3) is 5.91 Å². The fourth-order valence-electron chi connectivity index (χ4n) is 2.36. The van der Waals surface area contributed by atoms with Gasteiger partial charge in [-0.15, -0.1) is 0 Å². The first-order valence-electron chi connectivity index (χ1n) is 6.12. The van der Waals surface area contributed by atoms with E-state index in [1.165, 1.54) is 6.08 Å². The molecular formula is C13H14N2O3S. The molecule has 0 radical (unpaired) electrons. The summed E-state index contributed by atoms with van der Waals surface area (Å²) >= 11 is 0. The Kier molecular flexibility index (Phi) is 2.82. The van der Waals surface area contributed by atoms with Gasteiger partial charge in [-0.25, -0.2) is 8.42 Å². The first kappa shape index (κ1) is 12.2. The highest BCUT2D eigenvalue weighted by Crippen LogP contribution is 2.23. The van der Waals surface area contributed by atoms with Gasteiger partial charge in [-0.1, -0.05) is 0 Å². The molecule has 0 aliphatic carbocycles. The van der Waals surface area contributed by atoms with Crippen LogP contribution in [0.15, 0.2) is 29.7 Å². The number of benzene rings is 1. The van der Waals surface area contributed by atoms with Crippen molar-refractivity contribution in [1.29, 1.82) is 0 Å². The monoisotopic (exact) mass is 278 g/mol. The predicted octanol–water partition coefficient (Wildman–Crippen LogP) is 0.695. The van der Waals surface area contributed by atoms with Crippen molar-refractivity contribution in [2.45, 2.75) is 12.5 Å². The van der Waals surface area contributed by atoms with Crippen LogP contribution in [0, 0.1) is 0 Å². The lowest BCUT2D eigenvalue weighted by molar-refractivity contribution is 0.0947. The van der Waals surface area contributed by atoms with Gasteiger partial charge in [0, 0.05) is 23.2 Å². The van der Waals surface area contributed by atoms with Crippen molar-refractivity contribution in [3.63, 3.8) is 0 Å². The Balaban J connectivity index is 1.73. The van der Waals surface area contributed by atoms with E-state index in [0.717, 1.165) is 29.6 Å². The summed E-state index contributed by atoms with van der Waals surface area (Å²) in [7, 11) is -3.14. The Hall–Kier alpha value is -1.82. The third kappa shape index (κ3) is 2.49. The lowest BCUT2D eigenvalue weighted by Crippen LogP contribution is -2.35. The van der Waals surface area contributed by atoms with E-state index in [1.54, 1.807) is 6.07 Å². The lowest BCUT2D eigenvalue weighted by Gasteiger charge is -2.10. The van der Waals surface area contributed by atoms with Gasteiger partial charge in [-0.3, -0.25) is 4.79 Å². The van der Waals surface area contributed by atoms with Crippen LogP contribution in [0.25, 0.3) is 0 Å². The molecule has 1 amide bonds. The van der Waals surface area contributed by atoms with E-state index < -0.39 is 15.9 Å². The number of carbonyl (C=O) groups is 1. The number of hydrogen-bond donors (Lipinski definition) is 2.